The van der Waals surface area contributed by atoms with Crippen LogP contribution in [0.25, 0.3) is 5.57 Å². The number of ether oxygens (including phenoxy) is 1. The number of hydrogen-bond acceptors (Lipinski definition) is 2. The zero-order valence-corrected chi connectivity index (χ0v) is 12.0. The van der Waals surface area contributed by atoms with E-state index in [9.17, 15) is 0 Å². The van der Waals surface area contributed by atoms with Gasteiger partial charge < -0.3 is 4.74 Å². The average molecular weight is 235 g/mol. The SMILES string of the molecule is C=Nc1cc(OC)ccc1C(=C)C.CC.CC. The van der Waals surface area contributed by atoms with Crippen molar-refractivity contribution in [2.75, 3.05) is 7.11 Å². The van der Waals surface area contributed by atoms with E-state index in [4.69, 9.17) is 4.74 Å². The minimum Gasteiger partial charge on any atom is -0.497 e. The maximum Gasteiger partial charge on any atom is 0.121 e. The van der Waals surface area contributed by atoms with Gasteiger partial charge in [0.05, 0.1) is 12.8 Å². The van der Waals surface area contributed by atoms with Crippen LogP contribution in [0.1, 0.15) is 40.2 Å². The van der Waals surface area contributed by atoms with Crippen LogP contribution in [0.3, 0.4) is 0 Å². The molecular weight excluding hydrogens is 210 g/mol. The van der Waals surface area contributed by atoms with Gasteiger partial charge in [0.15, 0.2) is 0 Å². The Balaban J connectivity index is 0. The largest absolute Gasteiger partial charge is 0.497 e. The molecule has 0 aliphatic rings. The summed E-state index contributed by atoms with van der Waals surface area (Å²) >= 11 is 0. The van der Waals surface area contributed by atoms with Gasteiger partial charge in [0, 0.05) is 11.6 Å². The summed E-state index contributed by atoms with van der Waals surface area (Å²) in [6, 6.07) is 5.67. The number of allylic oxidation sites excluding steroid dienone is 1. The quantitative estimate of drug-likeness (QED) is 0.667. The van der Waals surface area contributed by atoms with Crippen LogP contribution in [-0.4, -0.2) is 13.8 Å². The Bertz CT molecular complexity index is 343. The monoisotopic (exact) mass is 235 g/mol. The van der Waals surface area contributed by atoms with Gasteiger partial charge in [-0.15, -0.1) is 0 Å². The van der Waals surface area contributed by atoms with Gasteiger partial charge in [-0.1, -0.05) is 34.3 Å². The molecule has 2 nitrogen and oxygen atoms in total. The highest BCUT2D eigenvalue weighted by atomic mass is 16.5. The van der Waals surface area contributed by atoms with Gasteiger partial charge in [-0.3, -0.25) is 4.99 Å². The molecule has 2 heteroatoms. The van der Waals surface area contributed by atoms with Gasteiger partial charge in [-0.2, -0.15) is 0 Å². The fraction of sp³-hybridized carbons (Fsp3) is 0.400. The molecule has 1 aromatic rings. The highest BCUT2D eigenvalue weighted by Gasteiger charge is 2.02. The Labute approximate surface area is 106 Å². The summed E-state index contributed by atoms with van der Waals surface area (Å²) in [4.78, 5) is 3.91. The van der Waals surface area contributed by atoms with Crippen molar-refractivity contribution in [3.8, 4) is 5.75 Å². The fourth-order valence-electron chi connectivity index (χ4n) is 1.13. The van der Waals surface area contributed by atoms with E-state index in [2.05, 4.69) is 18.3 Å². The fourth-order valence-corrected chi connectivity index (χ4v) is 1.13. The second-order valence-electron chi connectivity index (χ2n) is 2.82. The molecule has 0 saturated heterocycles. The molecule has 0 atom stereocenters. The van der Waals surface area contributed by atoms with E-state index in [1.54, 1.807) is 7.11 Å². The van der Waals surface area contributed by atoms with Crippen LogP contribution in [0.4, 0.5) is 5.69 Å². The van der Waals surface area contributed by atoms with E-state index in [1.807, 2.05) is 52.8 Å². The Morgan fingerprint density at radius 2 is 1.71 bits per heavy atom. The van der Waals surface area contributed by atoms with Crippen LogP contribution in [-0.2, 0) is 0 Å². The first-order valence-corrected chi connectivity index (χ1v) is 5.99. The lowest BCUT2D eigenvalue weighted by molar-refractivity contribution is 0.415. The summed E-state index contributed by atoms with van der Waals surface area (Å²) in [6.45, 7) is 17.3. The summed E-state index contributed by atoms with van der Waals surface area (Å²) in [5.41, 5.74) is 2.80. The van der Waals surface area contributed by atoms with Gasteiger partial charge in [0.1, 0.15) is 5.75 Å². The molecule has 0 aliphatic heterocycles. The van der Waals surface area contributed by atoms with Gasteiger partial charge in [-0.05, 0) is 31.3 Å². The van der Waals surface area contributed by atoms with Crippen molar-refractivity contribution in [1.82, 2.24) is 0 Å². The molecule has 0 aliphatic carbocycles. The molecule has 1 rings (SSSR count). The maximum absolute atomic E-state index is 5.07. The maximum atomic E-state index is 5.07. The minimum atomic E-state index is 0.785. The lowest BCUT2D eigenvalue weighted by Crippen LogP contribution is -1.84. The summed E-state index contributed by atoms with van der Waals surface area (Å²) < 4.78 is 5.07. The van der Waals surface area contributed by atoms with E-state index in [0.29, 0.717) is 0 Å². The molecule has 0 spiro atoms. The zero-order valence-electron chi connectivity index (χ0n) is 12.0. The third-order valence-corrected chi connectivity index (χ3v) is 1.84. The Hall–Kier alpha value is -1.57. The first kappa shape index (κ1) is 17.8. The predicted octanol–water partition coefficient (Wildman–Crippen LogP) is 5.11. The average Bonchev–Trinajstić information content (AvgIpc) is 2.42. The first-order chi connectivity index (χ1) is 8.19. The van der Waals surface area contributed by atoms with E-state index in [-0.39, 0.29) is 0 Å². The number of aliphatic imine (C=N–C) groups is 1. The summed E-state index contributed by atoms with van der Waals surface area (Å²) in [6.07, 6.45) is 0. The molecule has 0 N–H and O–H groups in total. The van der Waals surface area contributed by atoms with E-state index in [1.165, 1.54) is 0 Å². The summed E-state index contributed by atoms with van der Waals surface area (Å²) in [5.74, 6) is 0.785. The Kier molecular flexibility index (Phi) is 11.5. The van der Waals surface area contributed by atoms with Crippen molar-refractivity contribution in [3.05, 3.63) is 30.3 Å². The van der Waals surface area contributed by atoms with Gasteiger partial charge in [-0.25, -0.2) is 0 Å². The van der Waals surface area contributed by atoms with Crippen LogP contribution in [0.15, 0.2) is 29.8 Å². The van der Waals surface area contributed by atoms with Crippen LogP contribution >= 0.6 is 0 Å². The molecule has 0 saturated carbocycles. The number of hydrogen-bond donors (Lipinski definition) is 0. The van der Waals surface area contributed by atoms with Crippen LogP contribution in [0.2, 0.25) is 0 Å². The van der Waals surface area contributed by atoms with Crippen molar-refractivity contribution in [3.63, 3.8) is 0 Å². The molecular formula is C15H25NO. The molecule has 1 aromatic carbocycles. The van der Waals surface area contributed by atoms with Gasteiger partial charge in [0.2, 0.25) is 0 Å². The summed E-state index contributed by atoms with van der Waals surface area (Å²) in [5, 5.41) is 0. The van der Waals surface area contributed by atoms with Gasteiger partial charge in [0.25, 0.3) is 0 Å². The van der Waals surface area contributed by atoms with Crippen LogP contribution in [0.5, 0.6) is 5.75 Å². The smallest absolute Gasteiger partial charge is 0.121 e. The lowest BCUT2D eigenvalue weighted by Gasteiger charge is -2.06. The standard InChI is InChI=1S/C11H13NO.2C2H6/c1-8(2)10-6-5-9(13-4)7-11(10)12-3;2*1-2/h5-7H,1,3H2,2,4H3;2*1-2H3. The van der Waals surface area contributed by atoms with E-state index in [0.717, 1.165) is 22.6 Å². The molecule has 0 amide bonds. The van der Waals surface area contributed by atoms with Crippen molar-refractivity contribution >= 4 is 18.0 Å². The van der Waals surface area contributed by atoms with Crippen LogP contribution in [0, 0.1) is 0 Å². The molecule has 96 valence electrons. The lowest BCUT2D eigenvalue weighted by atomic mass is 10.1. The Morgan fingerprint density at radius 3 is 2.06 bits per heavy atom. The highest BCUT2D eigenvalue weighted by Crippen LogP contribution is 2.28. The number of rotatable bonds is 3. The predicted molar refractivity (Wildman–Crippen MR) is 79.6 cm³/mol. The first-order valence-electron chi connectivity index (χ1n) is 5.99. The van der Waals surface area contributed by atoms with Crippen molar-refractivity contribution in [2.45, 2.75) is 34.6 Å². The second-order valence-corrected chi connectivity index (χ2v) is 2.82. The number of benzene rings is 1. The van der Waals surface area contributed by atoms with Crippen molar-refractivity contribution < 1.29 is 4.74 Å². The van der Waals surface area contributed by atoms with Crippen molar-refractivity contribution in [2.24, 2.45) is 4.99 Å². The van der Waals surface area contributed by atoms with E-state index < -0.39 is 0 Å². The Morgan fingerprint density at radius 1 is 1.18 bits per heavy atom. The van der Waals surface area contributed by atoms with E-state index >= 15 is 0 Å². The minimum absolute atomic E-state index is 0.785. The number of nitrogens with zero attached hydrogens (tertiary/aromatic N) is 1. The molecule has 0 unspecified atom stereocenters. The topological polar surface area (TPSA) is 21.6 Å². The molecule has 17 heavy (non-hydrogen) atoms. The van der Waals surface area contributed by atoms with Crippen molar-refractivity contribution in [1.29, 1.82) is 0 Å². The normalized spacial score (nSPS) is 7.88. The summed E-state index contributed by atoms with van der Waals surface area (Å²) in [7, 11) is 1.63. The molecule has 0 aromatic heterocycles. The third-order valence-electron chi connectivity index (χ3n) is 1.84. The highest BCUT2D eigenvalue weighted by molar-refractivity contribution is 5.74. The molecule has 0 heterocycles. The molecule has 0 bridgehead atoms. The van der Waals surface area contributed by atoms with Crippen LogP contribution < -0.4 is 4.74 Å². The molecule has 0 fully saturated rings. The van der Waals surface area contributed by atoms with Gasteiger partial charge >= 0.3 is 0 Å². The third kappa shape index (κ3) is 5.91. The second kappa shape index (κ2) is 10.9. The molecule has 0 radical (unpaired) electrons. The number of methoxy groups -OCH3 is 1. The zero-order chi connectivity index (χ0) is 13.8.